The molecule has 1 fully saturated rings. The van der Waals surface area contributed by atoms with E-state index in [2.05, 4.69) is 0 Å². The predicted molar refractivity (Wildman–Crippen MR) is 81.2 cm³/mol. The highest BCUT2D eigenvalue weighted by Crippen LogP contribution is 2.32. The molecule has 114 valence electrons. The van der Waals surface area contributed by atoms with Crippen LogP contribution in [0, 0.1) is 5.41 Å². The summed E-state index contributed by atoms with van der Waals surface area (Å²) >= 11 is 5.12. The average Bonchev–Trinajstić information content (AvgIpc) is 2.47. The van der Waals surface area contributed by atoms with Gasteiger partial charge in [0.25, 0.3) is 0 Å². The van der Waals surface area contributed by atoms with Crippen molar-refractivity contribution >= 4 is 29.1 Å². The summed E-state index contributed by atoms with van der Waals surface area (Å²) in [6, 6.07) is -0.506. The average molecular weight is 300 g/mol. The Kier molecular flexibility index (Phi) is 5.92. The van der Waals surface area contributed by atoms with Gasteiger partial charge in [0.05, 0.1) is 17.5 Å². The van der Waals surface area contributed by atoms with E-state index < -0.39 is 11.5 Å². The summed E-state index contributed by atoms with van der Waals surface area (Å²) in [7, 11) is 1.35. The molecule has 1 heterocycles. The van der Waals surface area contributed by atoms with E-state index in [1.54, 1.807) is 4.90 Å². The summed E-state index contributed by atoms with van der Waals surface area (Å²) < 4.78 is 4.81. The van der Waals surface area contributed by atoms with E-state index in [0.717, 1.165) is 12.8 Å². The van der Waals surface area contributed by atoms with Gasteiger partial charge in [0.15, 0.2) is 0 Å². The third-order valence-corrected chi connectivity index (χ3v) is 4.72. The number of carbonyl (C=O) groups excluding carboxylic acids is 2. The SMILES string of the molecule is CCC(CC)(C(=O)N1CCCCC1C(=O)OC)C(N)=S. The Labute approximate surface area is 125 Å². The lowest BCUT2D eigenvalue weighted by Gasteiger charge is -2.40. The van der Waals surface area contributed by atoms with E-state index in [4.69, 9.17) is 22.7 Å². The zero-order chi connectivity index (χ0) is 15.3. The molecule has 0 saturated carbocycles. The van der Waals surface area contributed by atoms with Crippen LogP contribution in [-0.4, -0.2) is 41.5 Å². The second-order valence-electron chi connectivity index (χ2n) is 5.19. The molecule has 2 N–H and O–H groups in total. The Bertz CT molecular complexity index is 394. The van der Waals surface area contributed by atoms with Crippen LogP contribution in [0.1, 0.15) is 46.0 Å². The quantitative estimate of drug-likeness (QED) is 0.617. The number of nitrogens with zero attached hydrogens (tertiary/aromatic N) is 1. The van der Waals surface area contributed by atoms with E-state index in [9.17, 15) is 9.59 Å². The van der Waals surface area contributed by atoms with Gasteiger partial charge in [0.1, 0.15) is 6.04 Å². The predicted octanol–water partition coefficient (Wildman–Crippen LogP) is 1.63. The van der Waals surface area contributed by atoms with Crippen LogP contribution < -0.4 is 5.73 Å². The summed E-state index contributed by atoms with van der Waals surface area (Å²) in [5, 5.41) is 0. The van der Waals surface area contributed by atoms with Crippen LogP contribution in [0.25, 0.3) is 0 Å². The number of esters is 1. The second-order valence-corrected chi connectivity index (χ2v) is 5.63. The number of hydrogen-bond donors (Lipinski definition) is 1. The number of rotatable bonds is 5. The van der Waals surface area contributed by atoms with E-state index >= 15 is 0 Å². The van der Waals surface area contributed by atoms with Crippen molar-refractivity contribution in [3.05, 3.63) is 0 Å². The maximum atomic E-state index is 12.9. The Hall–Kier alpha value is -1.17. The van der Waals surface area contributed by atoms with Crippen molar-refractivity contribution in [2.24, 2.45) is 11.1 Å². The van der Waals surface area contributed by atoms with Crippen LogP contribution in [-0.2, 0) is 14.3 Å². The molecule has 20 heavy (non-hydrogen) atoms. The molecular formula is C14H24N2O3S. The number of likely N-dealkylation sites (tertiary alicyclic amines) is 1. The molecule has 1 atom stereocenters. The minimum atomic E-state index is -0.848. The first kappa shape index (κ1) is 16.9. The fourth-order valence-electron chi connectivity index (χ4n) is 2.84. The zero-order valence-electron chi connectivity index (χ0n) is 12.5. The molecule has 1 aliphatic rings. The number of nitrogens with two attached hydrogens (primary N) is 1. The van der Waals surface area contributed by atoms with Crippen molar-refractivity contribution in [2.45, 2.75) is 52.0 Å². The van der Waals surface area contributed by atoms with Crippen LogP contribution in [0.2, 0.25) is 0 Å². The highest BCUT2D eigenvalue weighted by molar-refractivity contribution is 7.80. The summed E-state index contributed by atoms with van der Waals surface area (Å²) in [4.78, 5) is 26.6. The monoisotopic (exact) mass is 300 g/mol. The molecule has 1 unspecified atom stereocenters. The Balaban J connectivity index is 3.08. The normalized spacial score (nSPS) is 19.6. The Morgan fingerprint density at radius 2 is 1.95 bits per heavy atom. The molecule has 0 bridgehead atoms. The fraction of sp³-hybridized carbons (Fsp3) is 0.786. The molecule has 0 aliphatic carbocycles. The van der Waals surface area contributed by atoms with Gasteiger partial charge in [-0.1, -0.05) is 26.1 Å². The Morgan fingerprint density at radius 1 is 1.35 bits per heavy atom. The molecule has 5 nitrogen and oxygen atoms in total. The maximum Gasteiger partial charge on any atom is 0.328 e. The standard InChI is InChI=1S/C14H24N2O3S/c1-4-14(5-2,12(15)20)13(18)16-9-7-6-8-10(16)11(17)19-3/h10H,4-9H2,1-3H3,(H2,15,20). The first-order valence-electron chi connectivity index (χ1n) is 7.13. The summed E-state index contributed by atoms with van der Waals surface area (Å²) in [6.07, 6.45) is 3.53. The Morgan fingerprint density at radius 3 is 2.40 bits per heavy atom. The number of thiocarbonyl (C=S) groups is 1. The van der Waals surface area contributed by atoms with Gasteiger partial charge in [-0.3, -0.25) is 4.79 Å². The third-order valence-electron chi connectivity index (χ3n) is 4.33. The molecule has 1 amide bonds. The van der Waals surface area contributed by atoms with Gasteiger partial charge in [-0.15, -0.1) is 0 Å². The first-order chi connectivity index (χ1) is 9.44. The smallest absolute Gasteiger partial charge is 0.328 e. The van der Waals surface area contributed by atoms with Gasteiger partial charge in [0.2, 0.25) is 5.91 Å². The molecule has 0 spiro atoms. The molecule has 1 rings (SSSR count). The first-order valence-corrected chi connectivity index (χ1v) is 7.54. The summed E-state index contributed by atoms with van der Waals surface area (Å²) in [5.41, 5.74) is 4.97. The topological polar surface area (TPSA) is 72.6 Å². The van der Waals surface area contributed by atoms with Crippen molar-refractivity contribution < 1.29 is 14.3 Å². The van der Waals surface area contributed by atoms with E-state index in [0.29, 0.717) is 25.8 Å². The molecule has 0 radical (unpaired) electrons. The van der Waals surface area contributed by atoms with E-state index in [1.165, 1.54) is 7.11 Å². The highest BCUT2D eigenvalue weighted by atomic mass is 32.1. The molecule has 0 aromatic heterocycles. The number of hydrogen-bond acceptors (Lipinski definition) is 4. The third kappa shape index (κ3) is 2.95. The molecule has 1 aliphatic heterocycles. The lowest BCUT2D eigenvalue weighted by Crippen LogP contribution is -2.56. The van der Waals surface area contributed by atoms with Crippen molar-refractivity contribution in [2.75, 3.05) is 13.7 Å². The maximum absolute atomic E-state index is 12.9. The number of amides is 1. The van der Waals surface area contributed by atoms with Crippen molar-refractivity contribution in [3.63, 3.8) is 0 Å². The number of piperidine rings is 1. The summed E-state index contributed by atoms with van der Waals surface area (Å²) in [5.74, 6) is -0.493. The van der Waals surface area contributed by atoms with E-state index in [1.807, 2.05) is 13.8 Å². The molecular weight excluding hydrogens is 276 g/mol. The van der Waals surface area contributed by atoms with Crippen molar-refractivity contribution in [3.8, 4) is 0 Å². The lowest BCUT2D eigenvalue weighted by molar-refractivity contribution is -0.157. The molecule has 1 saturated heterocycles. The zero-order valence-corrected chi connectivity index (χ0v) is 13.3. The van der Waals surface area contributed by atoms with Crippen molar-refractivity contribution in [1.29, 1.82) is 0 Å². The van der Waals surface area contributed by atoms with Gasteiger partial charge in [-0.2, -0.15) is 0 Å². The minimum absolute atomic E-state index is 0.134. The number of ether oxygens (including phenoxy) is 1. The second kappa shape index (κ2) is 7.02. The van der Waals surface area contributed by atoms with Crippen LogP contribution >= 0.6 is 12.2 Å². The van der Waals surface area contributed by atoms with Gasteiger partial charge < -0.3 is 15.4 Å². The largest absolute Gasteiger partial charge is 0.467 e. The van der Waals surface area contributed by atoms with Crippen LogP contribution in [0.3, 0.4) is 0 Å². The van der Waals surface area contributed by atoms with Gasteiger partial charge in [-0.05, 0) is 32.1 Å². The van der Waals surface area contributed by atoms with Crippen LogP contribution in [0.15, 0.2) is 0 Å². The molecule has 6 heteroatoms. The molecule has 0 aromatic carbocycles. The van der Waals surface area contributed by atoms with Gasteiger partial charge >= 0.3 is 5.97 Å². The summed E-state index contributed by atoms with van der Waals surface area (Å²) in [6.45, 7) is 4.36. The highest BCUT2D eigenvalue weighted by Gasteiger charge is 2.45. The number of methoxy groups -OCH3 is 1. The number of carbonyl (C=O) groups is 2. The van der Waals surface area contributed by atoms with E-state index in [-0.39, 0.29) is 16.9 Å². The minimum Gasteiger partial charge on any atom is -0.467 e. The van der Waals surface area contributed by atoms with Crippen LogP contribution in [0.5, 0.6) is 0 Å². The molecule has 0 aromatic rings. The van der Waals surface area contributed by atoms with Crippen molar-refractivity contribution in [1.82, 2.24) is 4.90 Å². The van der Waals surface area contributed by atoms with Gasteiger partial charge in [-0.25, -0.2) is 4.79 Å². The lowest BCUT2D eigenvalue weighted by atomic mass is 9.79. The van der Waals surface area contributed by atoms with Gasteiger partial charge in [0, 0.05) is 6.54 Å². The fourth-order valence-corrected chi connectivity index (χ4v) is 3.21. The van der Waals surface area contributed by atoms with Crippen LogP contribution in [0.4, 0.5) is 0 Å².